The number of aryl methyl sites for hydroxylation is 2. The third kappa shape index (κ3) is 9.78. The fourth-order valence-corrected chi connectivity index (χ4v) is 8.23. The van der Waals surface area contributed by atoms with Gasteiger partial charge in [-0.1, -0.05) is 110 Å². The Morgan fingerprint density at radius 1 is 0.312 bits per heavy atom. The van der Waals surface area contributed by atoms with Gasteiger partial charge in [0.1, 0.15) is 0 Å². The molecule has 0 N–H and O–H groups in total. The van der Waals surface area contributed by atoms with Crippen LogP contribution in [0.3, 0.4) is 0 Å². The Balaban J connectivity index is 0.00000276. The molecule has 4 heteroatoms. The first kappa shape index (κ1) is 42.9. The van der Waals surface area contributed by atoms with Crippen molar-refractivity contribution in [2.24, 2.45) is 0 Å². The molecule has 0 aliphatic heterocycles. The summed E-state index contributed by atoms with van der Waals surface area (Å²) in [6.07, 6.45) is 9.92. The Morgan fingerprint density at radius 3 is 0.969 bits per heavy atom. The molecule has 8 aromatic carbocycles. The molecule has 0 aromatic heterocycles. The minimum atomic E-state index is 0.919. The fourth-order valence-electron chi connectivity index (χ4n) is 8.23. The van der Waals surface area contributed by atoms with Gasteiger partial charge in [-0.3, -0.25) is 0 Å². The number of allylic oxidation sites excluding steroid dienone is 5. The summed E-state index contributed by atoms with van der Waals surface area (Å²) in [6.45, 7) is 10.5. The number of hydrogen-bond acceptors (Lipinski definition) is 4. The van der Waals surface area contributed by atoms with E-state index in [0.29, 0.717) is 0 Å². The van der Waals surface area contributed by atoms with Gasteiger partial charge in [0.2, 0.25) is 0 Å². The van der Waals surface area contributed by atoms with Gasteiger partial charge in [-0.2, -0.15) is 0 Å². The normalized spacial score (nSPS) is 11.9. The number of anilines is 11. The molecule has 0 saturated heterocycles. The highest BCUT2D eigenvalue weighted by atomic mass is 15.2. The smallest absolute Gasteiger partial charge is 0.0464 e. The van der Waals surface area contributed by atoms with Crippen molar-refractivity contribution in [2.75, 3.05) is 19.6 Å². The Kier molecular flexibility index (Phi) is 13.6. The molecule has 0 amide bonds. The summed E-state index contributed by atoms with van der Waals surface area (Å²) in [7, 11) is 0. The molecular formula is C60H56N4. The molecule has 8 aromatic rings. The number of hydrogen-bond donors (Lipinski definition) is 0. The first-order valence-corrected chi connectivity index (χ1v) is 22.3. The molecule has 0 saturated carbocycles. The quantitative estimate of drug-likeness (QED) is 0.122. The number of rotatable bonds is 12. The zero-order valence-corrected chi connectivity index (χ0v) is 37.5. The van der Waals surface area contributed by atoms with Gasteiger partial charge in [-0.25, -0.2) is 0 Å². The molecule has 0 fully saturated rings. The van der Waals surface area contributed by atoms with Crippen LogP contribution in [0.25, 0.3) is 0 Å². The van der Waals surface area contributed by atoms with Crippen LogP contribution in [0.4, 0.5) is 62.6 Å². The maximum atomic E-state index is 2.35. The Hall–Kier alpha value is -7.82. The molecule has 0 bridgehead atoms. The number of nitrogens with zero attached hydrogens (tertiary/aromatic N) is 4. The second-order valence-corrected chi connectivity index (χ2v) is 15.7. The highest BCUT2D eigenvalue weighted by molar-refractivity contribution is 5.84. The summed E-state index contributed by atoms with van der Waals surface area (Å²) in [6, 6.07) is 76.0. The first-order valence-electron chi connectivity index (χ1n) is 22.3. The lowest BCUT2D eigenvalue weighted by Gasteiger charge is -2.30. The molecule has 9 rings (SSSR count). The van der Waals surface area contributed by atoms with Gasteiger partial charge in [0.15, 0.2) is 0 Å². The summed E-state index contributed by atoms with van der Waals surface area (Å²) < 4.78 is 0. The van der Waals surface area contributed by atoms with Gasteiger partial charge in [0.05, 0.1) is 0 Å². The third-order valence-corrected chi connectivity index (χ3v) is 11.2. The van der Waals surface area contributed by atoms with E-state index in [1.807, 2.05) is 13.8 Å². The average Bonchev–Trinajstić information content (AvgIpc) is 3.56. The molecule has 0 heterocycles. The molecule has 316 valence electrons. The summed E-state index contributed by atoms with van der Waals surface area (Å²) in [5.41, 5.74) is 16.8. The van der Waals surface area contributed by atoms with E-state index < -0.39 is 0 Å². The van der Waals surface area contributed by atoms with Gasteiger partial charge >= 0.3 is 0 Å². The zero-order chi connectivity index (χ0) is 44.3. The van der Waals surface area contributed by atoms with E-state index in [-0.39, 0.29) is 0 Å². The lowest BCUT2D eigenvalue weighted by molar-refractivity contribution is 1.19. The van der Waals surface area contributed by atoms with E-state index in [9.17, 15) is 0 Å². The second kappa shape index (κ2) is 20.4. The predicted octanol–water partition coefficient (Wildman–Crippen LogP) is 17.7. The summed E-state index contributed by atoms with van der Waals surface area (Å²) in [5.74, 6) is 0. The zero-order valence-electron chi connectivity index (χ0n) is 37.5. The van der Waals surface area contributed by atoms with Crippen molar-refractivity contribution in [3.05, 3.63) is 259 Å². The van der Waals surface area contributed by atoms with E-state index in [0.717, 1.165) is 74.7 Å². The van der Waals surface area contributed by atoms with Crippen molar-refractivity contribution in [1.29, 1.82) is 0 Å². The number of benzene rings is 8. The van der Waals surface area contributed by atoms with E-state index in [1.54, 1.807) is 0 Å². The fraction of sp³-hybridized carbons (Fsp3) is 0.100. The van der Waals surface area contributed by atoms with Crippen LogP contribution in [0.5, 0.6) is 0 Å². The highest BCUT2D eigenvalue weighted by Gasteiger charge is 2.20. The van der Waals surface area contributed by atoms with Crippen molar-refractivity contribution in [1.82, 2.24) is 0 Å². The van der Waals surface area contributed by atoms with E-state index in [2.05, 4.69) is 277 Å². The topological polar surface area (TPSA) is 13.0 Å². The lowest BCUT2D eigenvalue weighted by atomic mass is 10.1. The van der Waals surface area contributed by atoms with Crippen LogP contribution in [0.2, 0.25) is 0 Å². The van der Waals surface area contributed by atoms with Crippen LogP contribution in [-0.2, 0) is 0 Å². The van der Waals surface area contributed by atoms with E-state index in [1.165, 1.54) is 16.7 Å². The minimum Gasteiger partial charge on any atom is -0.311 e. The van der Waals surface area contributed by atoms with Crippen molar-refractivity contribution in [2.45, 2.75) is 41.0 Å². The van der Waals surface area contributed by atoms with E-state index in [4.69, 9.17) is 0 Å². The van der Waals surface area contributed by atoms with Gasteiger partial charge in [-0.15, -0.1) is 0 Å². The molecular weight excluding hydrogens is 777 g/mol. The Bertz CT molecular complexity index is 2690. The van der Waals surface area contributed by atoms with Gasteiger partial charge in [-0.05, 0) is 184 Å². The molecule has 0 radical (unpaired) electrons. The van der Waals surface area contributed by atoms with Crippen molar-refractivity contribution in [3.8, 4) is 0 Å². The maximum Gasteiger partial charge on any atom is 0.0464 e. The highest BCUT2D eigenvalue weighted by Crippen LogP contribution is 2.42. The third-order valence-electron chi connectivity index (χ3n) is 11.2. The summed E-state index contributed by atoms with van der Waals surface area (Å²) in [5, 5.41) is 0. The standard InChI is InChI=1S/C58H50N4.C2H6/c1-44-17-13-14-26-56(41-44)60(47-20-7-4-8-21-47)53-35-29-50(30-36-53)59(51-31-37-54(38-32-51)61(48-22-9-5-10-23-48)57-27-15-18-45(2)42-57)52-33-39-55(40-34-52)62(49-24-11-6-12-25-49)58-28-16-19-46(3)43-58;1-2/h4-12,14-43H,13H2,1-3H3;1-2H3. The van der Waals surface area contributed by atoms with Crippen LogP contribution in [0, 0.1) is 13.8 Å². The van der Waals surface area contributed by atoms with Gasteiger partial charge < -0.3 is 19.6 Å². The largest absolute Gasteiger partial charge is 0.311 e. The number of para-hydroxylation sites is 3. The van der Waals surface area contributed by atoms with Gasteiger partial charge in [0, 0.05) is 68.3 Å². The van der Waals surface area contributed by atoms with Crippen LogP contribution in [0.1, 0.15) is 38.3 Å². The van der Waals surface area contributed by atoms with Crippen molar-refractivity contribution < 1.29 is 0 Å². The Morgan fingerprint density at radius 2 is 0.609 bits per heavy atom. The molecule has 0 atom stereocenters. The molecule has 1 aliphatic rings. The molecule has 1 aliphatic carbocycles. The van der Waals surface area contributed by atoms with Crippen molar-refractivity contribution in [3.63, 3.8) is 0 Å². The molecule has 64 heavy (non-hydrogen) atoms. The maximum absolute atomic E-state index is 2.35. The monoisotopic (exact) mass is 832 g/mol. The van der Waals surface area contributed by atoms with Gasteiger partial charge in [0.25, 0.3) is 0 Å². The molecule has 0 spiro atoms. The van der Waals surface area contributed by atoms with Crippen LogP contribution in [0.15, 0.2) is 248 Å². The summed E-state index contributed by atoms with van der Waals surface area (Å²) in [4.78, 5) is 9.32. The van der Waals surface area contributed by atoms with Crippen LogP contribution < -0.4 is 19.6 Å². The molecule has 0 unspecified atom stereocenters. The minimum absolute atomic E-state index is 0.919. The SMILES string of the molecule is CC.CC1=CCC=CC(N(c2ccccc2)c2ccc(N(c3ccc(N(c4ccccc4)c4cccc(C)c4)cc3)c3ccc(N(c4ccccc4)c4cccc(C)c4)cc3)cc2)=C1. The predicted molar refractivity (Wildman–Crippen MR) is 275 cm³/mol. The summed E-state index contributed by atoms with van der Waals surface area (Å²) >= 11 is 0. The Labute approximate surface area is 380 Å². The first-order chi connectivity index (χ1) is 31.5. The molecule has 4 nitrogen and oxygen atoms in total. The van der Waals surface area contributed by atoms with Crippen molar-refractivity contribution >= 4 is 62.6 Å². The van der Waals surface area contributed by atoms with E-state index >= 15 is 0 Å². The van der Waals surface area contributed by atoms with Crippen LogP contribution in [-0.4, -0.2) is 0 Å². The average molecular weight is 833 g/mol. The lowest BCUT2D eigenvalue weighted by Crippen LogP contribution is -2.16. The van der Waals surface area contributed by atoms with Crippen LogP contribution >= 0.6 is 0 Å². The second-order valence-electron chi connectivity index (χ2n) is 15.7.